The topological polar surface area (TPSA) is 61.8 Å². The molecule has 0 aromatic heterocycles. The van der Waals surface area contributed by atoms with Gasteiger partial charge in [0.25, 0.3) is 0 Å². The van der Waals surface area contributed by atoms with Gasteiger partial charge in [0, 0.05) is 17.0 Å². The maximum atomic E-state index is 12.6. The number of fused-ring (bicyclic) bond motifs is 3. The molecule has 0 saturated heterocycles. The van der Waals surface area contributed by atoms with Crippen LogP contribution in [-0.4, -0.2) is 24.5 Å². The standard InChI is InChI=1S/C21H20O5/c1-21(2)11-15(22)13-8-9-17-19(20(13)26-21)14(10-18(23)25-17)12-6-4-5-7-16(12)24-3/h4-9,14H,10-11H2,1-3H3. The Hall–Kier alpha value is -2.82. The predicted molar refractivity (Wildman–Crippen MR) is 95.2 cm³/mol. The van der Waals surface area contributed by atoms with Crippen molar-refractivity contribution in [2.45, 2.75) is 38.2 Å². The number of hydrogen-bond acceptors (Lipinski definition) is 5. The highest BCUT2D eigenvalue weighted by Crippen LogP contribution is 2.50. The molecule has 2 aromatic carbocycles. The van der Waals surface area contributed by atoms with E-state index in [9.17, 15) is 9.59 Å². The van der Waals surface area contributed by atoms with Crippen molar-refractivity contribution < 1.29 is 23.8 Å². The second-order valence-electron chi connectivity index (χ2n) is 7.29. The summed E-state index contributed by atoms with van der Waals surface area (Å²) >= 11 is 0. The van der Waals surface area contributed by atoms with E-state index in [1.807, 2.05) is 38.1 Å². The summed E-state index contributed by atoms with van der Waals surface area (Å²) in [4.78, 5) is 24.8. The van der Waals surface area contributed by atoms with Gasteiger partial charge in [0.1, 0.15) is 22.8 Å². The van der Waals surface area contributed by atoms with Gasteiger partial charge in [-0.3, -0.25) is 9.59 Å². The molecule has 0 aliphatic carbocycles. The van der Waals surface area contributed by atoms with Crippen LogP contribution in [0, 0.1) is 0 Å². The summed E-state index contributed by atoms with van der Waals surface area (Å²) in [5, 5.41) is 0. The zero-order chi connectivity index (χ0) is 18.5. The maximum absolute atomic E-state index is 12.6. The van der Waals surface area contributed by atoms with Gasteiger partial charge in [0.05, 0.1) is 25.5 Å². The molecule has 26 heavy (non-hydrogen) atoms. The van der Waals surface area contributed by atoms with Gasteiger partial charge in [-0.25, -0.2) is 0 Å². The molecule has 0 radical (unpaired) electrons. The smallest absolute Gasteiger partial charge is 0.312 e. The molecule has 1 atom stereocenters. The van der Waals surface area contributed by atoms with Crippen molar-refractivity contribution >= 4 is 11.8 Å². The average molecular weight is 352 g/mol. The molecule has 0 saturated carbocycles. The Kier molecular flexibility index (Phi) is 3.75. The second-order valence-corrected chi connectivity index (χ2v) is 7.29. The molecule has 0 spiro atoms. The second kappa shape index (κ2) is 5.87. The number of ether oxygens (including phenoxy) is 3. The Morgan fingerprint density at radius 1 is 1.12 bits per heavy atom. The Bertz CT molecular complexity index is 913. The lowest BCUT2D eigenvalue weighted by Gasteiger charge is -2.36. The van der Waals surface area contributed by atoms with E-state index in [0.29, 0.717) is 29.2 Å². The van der Waals surface area contributed by atoms with E-state index in [-0.39, 0.29) is 24.1 Å². The highest BCUT2D eigenvalue weighted by atomic mass is 16.5. The van der Waals surface area contributed by atoms with Crippen molar-refractivity contribution in [3.63, 3.8) is 0 Å². The number of rotatable bonds is 2. The van der Waals surface area contributed by atoms with E-state index in [2.05, 4.69) is 0 Å². The molecule has 0 bridgehead atoms. The third-order valence-electron chi connectivity index (χ3n) is 4.88. The summed E-state index contributed by atoms with van der Waals surface area (Å²) < 4.78 is 17.1. The molecule has 2 aliphatic heterocycles. The van der Waals surface area contributed by atoms with Gasteiger partial charge in [-0.15, -0.1) is 0 Å². The van der Waals surface area contributed by atoms with Crippen LogP contribution in [-0.2, 0) is 4.79 Å². The lowest BCUT2D eigenvalue weighted by molar-refractivity contribution is -0.135. The first-order valence-corrected chi connectivity index (χ1v) is 8.62. The Labute approximate surface area is 151 Å². The zero-order valence-corrected chi connectivity index (χ0v) is 15.0. The number of methoxy groups -OCH3 is 1. The minimum Gasteiger partial charge on any atom is -0.496 e. The van der Waals surface area contributed by atoms with Crippen molar-refractivity contribution in [3.8, 4) is 17.2 Å². The van der Waals surface area contributed by atoms with E-state index in [1.54, 1.807) is 19.2 Å². The summed E-state index contributed by atoms with van der Waals surface area (Å²) in [5.74, 6) is 1.09. The van der Waals surface area contributed by atoms with E-state index in [4.69, 9.17) is 14.2 Å². The van der Waals surface area contributed by atoms with Crippen LogP contribution in [0.15, 0.2) is 36.4 Å². The van der Waals surface area contributed by atoms with Gasteiger partial charge < -0.3 is 14.2 Å². The van der Waals surface area contributed by atoms with Crippen LogP contribution in [0.5, 0.6) is 17.2 Å². The number of ketones is 1. The maximum Gasteiger partial charge on any atom is 0.312 e. The van der Waals surface area contributed by atoms with Crippen molar-refractivity contribution in [2.75, 3.05) is 7.11 Å². The number of benzene rings is 2. The molecule has 5 nitrogen and oxygen atoms in total. The van der Waals surface area contributed by atoms with Crippen molar-refractivity contribution in [3.05, 3.63) is 53.1 Å². The van der Waals surface area contributed by atoms with Crippen LogP contribution in [0.2, 0.25) is 0 Å². The minimum atomic E-state index is -0.605. The van der Waals surface area contributed by atoms with Gasteiger partial charge in [0.15, 0.2) is 5.78 Å². The first-order valence-electron chi connectivity index (χ1n) is 8.62. The fourth-order valence-corrected chi connectivity index (χ4v) is 3.78. The van der Waals surface area contributed by atoms with Crippen molar-refractivity contribution in [1.29, 1.82) is 0 Å². The molecule has 2 aromatic rings. The quantitative estimate of drug-likeness (QED) is 0.606. The van der Waals surface area contributed by atoms with Crippen LogP contribution in [0.25, 0.3) is 0 Å². The third kappa shape index (κ3) is 2.64. The molecule has 134 valence electrons. The van der Waals surface area contributed by atoms with Crippen molar-refractivity contribution in [1.82, 2.24) is 0 Å². The lowest BCUT2D eigenvalue weighted by atomic mass is 9.82. The van der Waals surface area contributed by atoms with Crippen LogP contribution >= 0.6 is 0 Å². The van der Waals surface area contributed by atoms with Crippen LogP contribution < -0.4 is 14.2 Å². The van der Waals surface area contributed by atoms with E-state index < -0.39 is 5.60 Å². The largest absolute Gasteiger partial charge is 0.496 e. The molecule has 0 fully saturated rings. The van der Waals surface area contributed by atoms with E-state index in [1.165, 1.54) is 0 Å². The van der Waals surface area contributed by atoms with Crippen LogP contribution in [0.4, 0.5) is 0 Å². The monoisotopic (exact) mass is 352 g/mol. The molecular formula is C21H20O5. The molecule has 5 heteroatoms. The van der Waals surface area contributed by atoms with E-state index >= 15 is 0 Å². The summed E-state index contributed by atoms with van der Waals surface area (Å²) in [5.41, 5.74) is 1.56. The van der Waals surface area contributed by atoms with Crippen LogP contribution in [0.1, 0.15) is 54.1 Å². The SMILES string of the molecule is COc1ccccc1C1CC(=O)Oc2ccc3c(c21)OC(C)(C)CC3=O. The van der Waals surface area contributed by atoms with Crippen molar-refractivity contribution in [2.24, 2.45) is 0 Å². The third-order valence-corrected chi connectivity index (χ3v) is 4.88. The number of para-hydroxylation sites is 1. The van der Waals surface area contributed by atoms with Gasteiger partial charge in [-0.05, 0) is 32.0 Å². The van der Waals surface area contributed by atoms with Gasteiger partial charge >= 0.3 is 5.97 Å². The van der Waals surface area contributed by atoms with Crippen LogP contribution in [0.3, 0.4) is 0 Å². The summed E-state index contributed by atoms with van der Waals surface area (Å²) in [6.45, 7) is 3.78. The van der Waals surface area contributed by atoms with Gasteiger partial charge in [-0.1, -0.05) is 18.2 Å². The fourth-order valence-electron chi connectivity index (χ4n) is 3.78. The minimum absolute atomic E-state index is 0.0368. The summed E-state index contributed by atoms with van der Waals surface area (Å²) in [7, 11) is 1.60. The predicted octanol–water partition coefficient (Wildman–Crippen LogP) is 3.88. The molecule has 2 heterocycles. The molecular weight excluding hydrogens is 332 g/mol. The Morgan fingerprint density at radius 3 is 2.65 bits per heavy atom. The number of esters is 1. The molecule has 4 rings (SSSR count). The zero-order valence-electron chi connectivity index (χ0n) is 15.0. The van der Waals surface area contributed by atoms with Gasteiger partial charge in [-0.2, -0.15) is 0 Å². The number of hydrogen-bond donors (Lipinski definition) is 0. The summed E-state index contributed by atoms with van der Waals surface area (Å²) in [6.07, 6.45) is 0.486. The van der Waals surface area contributed by atoms with E-state index in [0.717, 1.165) is 11.1 Å². The molecule has 0 amide bonds. The lowest BCUT2D eigenvalue weighted by Crippen LogP contribution is -2.37. The average Bonchev–Trinajstić information content (AvgIpc) is 2.59. The summed E-state index contributed by atoms with van der Waals surface area (Å²) in [6, 6.07) is 11.0. The number of carbonyl (C=O) groups is 2. The number of Topliss-reactive ketones (excluding diaryl/α,β-unsaturated/α-hetero) is 1. The molecule has 1 unspecified atom stereocenters. The fraction of sp³-hybridized carbons (Fsp3) is 0.333. The first kappa shape index (κ1) is 16.6. The molecule has 0 N–H and O–H groups in total. The van der Waals surface area contributed by atoms with Gasteiger partial charge in [0.2, 0.25) is 0 Å². The normalized spacial score (nSPS) is 20.5. The first-order chi connectivity index (χ1) is 12.4. The highest BCUT2D eigenvalue weighted by Gasteiger charge is 2.40. The Balaban J connectivity index is 1.95. The highest BCUT2D eigenvalue weighted by molar-refractivity contribution is 6.01. The number of carbonyl (C=O) groups excluding carboxylic acids is 2. The molecule has 2 aliphatic rings. The Morgan fingerprint density at radius 2 is 1.88 bits per heavy atom.